The number of rotatable bonds is 11. The molecule has 210 valence electrons. The molecule has 0 saturated heterocycles. The van der Waals surface area contributed by atoms with E-state index in [0.29, 0.717) is 36.1 Å². The van der Waals surface area contributed by atoms with Crippen molar-refractivity contribution in [3.63, 3.8) is 0 Å². The standard InChI is InChI=1S/C28H27F3N4O5/c1-4-39-15-16-40-27-33-25(18-7-5-8-19(17-18)28(29,30)31)35(34-27)21-13-11-20(12-14-21)32-26(36)24-22(37-2)9-6-10-23(24)38-3/h5-14,17H,4,15-16H2,1-3H3,(H,32,36). The molecule has 1 aromatic heterocycles. The second kappa shape index (κ2) is 12.5. The van der Waals surface area contributed by atoms with E-state index in [2.05, 4.69) is 15.4 Å². The number of alkyl halides is 3. The molecular formula is C28H27F3N4O5. The highest BCUT2D eigenvalue weighted by atomic mass is 19.4. The molecule has 4 aromatic rings. The zero-order valence-electron chi connectivity index (χ0n) is 22.0. The lowest BCUT2D eigenvalue weighted by Gasteiger charge is -2.13. The number of hydrogen-bond acceptors (Lipinski definition) is 7. The van der Waals surface area contributed by atoms with E-state index in [1.165, 1.54) is 31.0 Å². The molecule has 12 heteroatoms. The van der Waals surface area contributed by atoms with E-state index >= 15 is 0 Å². The van der Waals surface area contributed by atoms with Crippen molar-refractivity contribution in [1.82, 2.24) is 14.8 Å². The molecule has 1 N–H and O–H groups in total. The molecule has 0 spiro atoms. The second-order valence-corrected chi connectivity index (χ2v) is 8.29. The summed E-state index contributed by atoms with van der Waals surface area (Å²) in [6.07, 6.45) is -4.53. The summed E-state index contributed by atoms with van der Waals surface area (Å²) in [5.74, 6) is 0.392. The fourth-order valence-electron chi connectivity index (χ4n) is 3.85. The maximum absolute atomic E-state index is 13.4. The van der Waals surface area contributed by atoms with E-state index in [9.17, 15) is 18.0 Å². The summed E-state index contributed by atoms with van der Waals surface area (Å²) < 4.78 is 63.0. The summed E-state index contributed by atoms with van der Waals surface area (Å²) in [5.41, 5.74) is 0.544. The van der Waals surface area contributed by atoms with E-state index in [1.807, 2.05) is 6.92 Å². The number of benzene rings is 3. The lowest BCUT2D eigenvalue weighted by atomic mass is 10.1. The predicted octanol–water partition coefficient (Wildman–Crippen LogP) is 5.64. The van der Waals surface area contributed by atoms with Crippen molar-refractivity contribution in [2.75, 3.05) is 39.4 Å². The zero-order chi connectivity index (χ0) is 28.7. The fourth-order valence-corrected chi connectivity index (χ4v) is 3.85. The molecule has 40 heavy (non-hydrogen) atoms. The summed E-state index contributed by atoms with van der Waals surface area (Å²) in [6.45, 7) is 2.82. The Morgan fingerprint density at radius 1 is 0.950 bits per heavy atom. The van der Waals surface area contributed by atoms with Crippen molar-refractivity contribution in [2.24, 2.45) is 0 Å². The molecule has 3 aromatic carbocycles. The van der Waals surface area contributed by atoms with Gasteiger partial charge in [0, 0.05) is 17.9 Å². The monoisotopic (exact) mass is 556 g/mol. The number of nitrogens with zero attached hydrogens (tertiary/aromatic N) is 3. The number of nitrogens with one attached hydrogen (secondary N) is 1. The van der Waals surface area contributed by atoms with E-state index in [1.54, 1.807) is 42.5 Å². The van der Waals surface area contributed by atoms with Crippen LogP contribution in [0.3, 0.4) is 0 Å². The first-order valence-corrected chi connectivity index (χ1v) is 12.2. The molecule has 4 rings (SSSR count). The topological polar surface area (TPSA) is 96.7 Å². The van der Waals surface area contributed by atoms with E-state index in [-0.39, 0.29) is 29.6 Å². The van der Waals surface area contributed by atoms with Crippen LogP contribution in [-0.2, 0) is 10.9 Å². The maximum atomic E-state index is 13.4. The Morgan fingerprint density at radius 3 is 2.25 bits per heavy atom. The van der Waals surface area contributed by atoms with Gasteiger partial charge in [0.15, 0.2) is 5.82 Å². The van der Waals surface area contributed by atoms with Gasteiger partial charge in [-0.2, -0.15) is 18.2 Å². The van der Waals surface area contributed by atoms with Crippen LogP contribution in [0.25, 0.3) is 17.1 Å². The van der Waals surface area contributed by atoms with Gasteiger partial charge in [-0.3, -0.25) is 4.79 Å². The Balaban J connectivity index is 1.64. The smallest absolute Gasteiger partial charge is 0.416 e. The first kappa shape index (κ1) is 28.4. The third-order valence-electron chi connectivity index (χ3n) is 5.72. The Hall–Kier alpha value is -4.58. The Labute approximate surface area is 228 Å². The summed E-state index contributed by atoms with van der Waals surface area (Å²) in [5, 5.41) is 7.15. The molecule has 0 radical (unpaired) electrons. The van der Waals surface area contributed by atoms with E-state index in [4.69, 9.17) is 18.9 Å². The van der Waals surface area contributed by atoms with Crippen molar-refractivity contribution < 1.29 is 36.9 Å². The van der Waals surface area contributed by atoms with Crippen molar-refractivity contribution in [1.29, 1.82) is 0 Å². The highest BCUT2D eigenvalue weighted by Gasteiger charge is 2.31. The molecule has 0 unspecified atom stereocenters. The fraction of sp³-hybridized carbons (Fsp3) is 0.250. The highest BCUT2D eigenvalue weighted by Crippen LogP contribution is 2.33. The number of anilines is 1. The first-order valence-electron chi connectivity index (χ1n) is 12.2. The van der Waals surface area contributed by atoms with Crippen molar-refractivity contribution >= 4 is 11.6 Å². The van der Waals surface area contributed by atoms with Crippen molar-refractivity contribution in [3.8, 4) is 34.6 Å². The number of carbonyl (C=O) groups is 1. The molecule has 0 aliphatic rings. The van der Waals surface area contributed by atoms with Crippen LogP contribution in [0.15, 0.2) is 66.7 Å². The molecule has 0 fully saturated rings. The van der Waals surface area contributed by atoms with Crippen LogP contribution >= 0.6 is 0 Å². The van der Waals surface area contributed by atoms with Gasteiger partial charge in [0.25, 0.3) is 5.91 Å². The number of hydrogen-bond donors (Lipinski definition) is 1. The lowest BCUT2D eigenvalue weighted by molar-refractivity contribution is -0.137. The minimum absolute atomic E-state index is 0.0206. The zero-order valence-corrected chi connectivity index (χ0v) is 22.0. The van der Waals surface area contributed by atoms with Crippen molar-refractivity contribution in [2.45, 2.75) is 13.1 Å². The Kier molecular flexibility index (Phi) is 8.90. The summed E-state index contributed by atoms with van der Waals surface area (Å²) in [4.78, 5) is 17.3. The molecule has 0 atom stereocenters. The average Bonchev–Trinajstić information content (AvgIpc) is 3.39. The normalized spacial score (nSPS) is 11.2. The summed E-state index contributed by atoms with van der Waals surface area (Å²) in [6, 6.07) is 16.3. The number of ether oxygens (including phenoxy) is 4. The van der Waals surface area contributed by atoms with Crippen LogP contribution in [-0.4, -0.2) is 54.7 Å². The SMILES string of the molecule is CCOCCOc1nc(-c2cccc(C(F)(F)F)c2)n(-c2ccc(NC(=O)c3c(OC)cccc3OC)cc2)n1. The molecule has 9 nitrogen and oxygen atoms in total. The third-order valence-corrected chi connectivity index (χ3v) is 5.72. The van der Waals surface area contributed by atoms with E-state index < -0.39 is 17.6 Å². The highest BCUT2D eigenvalue weighted by molar-refractivity contribution is 6.08. The van der Waals surface area contributed by atoms with Gasteiger partial charge in [-0.15, -0.1) is 5.10 Å². The van der Waals surface area contributed by atoms with Gasteiger partial charge >= 0.3 is 12.2 Å². The van der Waals surface area contributed by atoms with Gasteiger partial charge in [-0.05, 0) is 55.5 Å². The molecule has 1 heterocycles. The maximum Gasteiger partial charge on any atom is 0.416 e. The second-order valence-electron chi connectivity index (χ2n) is 8.29. The summed E-state index contributed by atoms with van der Waals surface area (Å²) >= 11 is 0. The minimum Gasteiger partial charge on any atom is -0.496 e. The minimum atomic E-state index is -4.53. The van der Waals surface area contributed by atoms with Gasteiger partial charge in [-0.1, -0.05) is 18.2 Å². The van der Waals surface area contributed by atoms with Crippen LogP contribution < -0.4 is 19.5 Å². The molecule has 0 aliphatic carbocycles. The lowest BCUT2D eigenvalue weighted by Crippen LogP contribution is -2.14. The van der Waals surface area contributed by atoms with Crippen molar-refractivity contribution in [3.05, 3.63) is 77.9 Å². The number of methoxy groups -OCH3 is 2. The molecular weight excluding hydrogens is 529 g/mol. The summed E-state index contributed by atoms with van der Waals surface area (Å²) in [7, 11) is 2.91. The third kappa shape index (κ3) is 6.52. The molecule has 0 aliphatic heterocycles. The van der Waals surface area contributed by atoms with Crippen LogP contribution in [0, 0.1) is 0 Å². The largest absolute Gasteiger partial charge is 0.496 e. The Morgan fingerprint density at radius 2 is 1.62 bits per heavy atom. The van der Waals surface area contributed by atoms with Gasteiger partial charge < -0.3 is 24.3 Å². The number of halogens is 3. The molecule has 1 amide bonds. The predicted molar refractivity (Wildman–Crippen MR) is 141 cm³/mol. The van der Waals surface area contributed by atoms with Gasteiger partial charge in [0.05, 0.1) is 32.1 Å². The van der Waals surface area contributed by atoms with Gasteiger partial charge in [0.1, 0.15) is 23.7 Å². The van der Waals surface area contributed by atoms with Gasteiger partial charge in [0.2, 0.25) is 0 Å². The average molecular weight is 557 g/mol. The Bertz CT molecular complexity index is 1430. The van der Waals surface area contributed by atoms with Crippen LogP contribution in [0.1, 0.15) is 22.8 Å². The number of amides is 1. The van der Waals surface area contributed by atoms with Crippen LogP contribution in [0.4, 0.5) is 18.9 Å². The molecule has 0 bridgehead atoms. The number of carbonyl (C=O) groups excluding carboxylic acids is 1. The van der Waals surface area contributed by atoms with E-state index in [0.717, 1.165) is 12.1 Å². The van der Waals surface area contributed by atoms with Gasteiger partial charge in [-0.25, -0.2) is 4.68 Å². The van der Waals surface area contributed by atoms with Crippen LogP contribution in [0.5, 0.6) is 17.5 Å². The number of aromatic nitrogens is 3. The quantitative estimate of drug-likeness (QED) is 0.239. The molecule has 0 saturated carbocycles. The van der Waals surface area contributed by atoms with Crippen LogP contribution in [0.2, 0.25) is 0 Å². The first-order chi connectivity index (χ1) is 19.2.